The quantitative estimate of drug-likeness (QED) is 0.766. The Bertz CT molecular complexity index is 894. The molecule has 0 aromatic heterocycles. The molecule has 1 aliphatic heterocycles. The first-order valence-electron chi connectivity index (χ1n) is 10.7. The number of rotatable bonds is 6. The lowest BCUT2D eigenvalue weighted by Gasteiger charge is -2.32. The standard InChI is InChI=1S/C25H32N2O4/c1-25(2,3)19-11-9-18(10-12-19)24(29)27-15-13-20(14-16-27)26-23(28)17-31-22-8-6-5-7-21(22)30-4/h5-12,20H,13-17H2,1-4H3,(H,26,28). The molecule has 0 spiro atoms. The van der Waals surface area contributed by atoms with Crippen molar-refractivity contribution in [2.75, 3.05) is 26.8 Å². The van der Waals surface area contributed by atoms with Gasteiger partial charge in [0.1, 0.15) is 0 Å². The fourth-order valence-electron chi connectivity index (χ4n) is 3.67. The summed E-state index contributed by atoms with van der Waals surface area (Å²) in [6.07, 6.45) is 1.46. The fourth-order valence-corrected chi connectivity index (χ4v) is 3.67. The number of piperidine rings is 1. The lowest BCUT2D eigenvalue weighted by atomic mass is 9.86. The van der Waals surface area contributed by atoms with Gasteiger partial charge in [-0.2, -0.15) is 0 Å². The van der Waals surface area contributed by atoms with E-state index in [4.69, 9.17) is 9.47 Å². The molecule has 2 aromatic rings. The van der Waals surface area contributed by atoms with Crippen molar-refractivity contribution in [3.05, 3.63) is 59.7 Å². The van der Waals surface area contributed by atoms with Gasteiger partial charge in [0.2, 0.25) is 0 Å². The summed E-state index contributed by atoms with van der Waals surface area (Å²) in [6, 6.07) is 15.2. The molecule has 0 unspecified atom stereocenters. The van der Waals surface area contributed by atoms with E-state index in [1.165, 1.54) is 5.56 Å². The molecule has 2 aromatic carbocycles. The Balaban J connectivity index is 1.45. The van der Waals surface area contributed by atoms with Crippen LogP contribution in [-0.4, -0.2) is 49.6 Å². The number of methoxy groups -OCH3 is 1. The molecule has 0 atom stereocenters. The number of nitrogens with one attached hydrogen (secondary N) is 1. The molecule has 2 amide bonds. The summed E-state index contributed by atoms with van der Waals surface area (Å²) < 4.78 is 10.8. The van der Waals surface area contributed by atoms with E-state index in [0.29, 0.717) is 30.2 Å². The van der Waals surface area contributed by atoms with Crippen LogP contribution < -0.4 is 14.8 Å². The van der Waals surface area contributed by atoms with Crippen LogP contribution in [-0.2, 0) is 10.2 Å². The van der Waals surface area contributed by atoms with Gasteiger partial charge in [-0.1, -0.05) is 45.0 Å². The lowest BCUT2D eigenvalue weighted by molar-refractivity contribution is -0.124. The van der Waals surface area contributed by atoms with E-state index in [1.54, 1.807) is 19.2 Å². The van der Waals surface area contributed by atoms with Crippen LogP contribution in [0.15, 0.2) is 48.5 Å². The number of para-hydroxylation sites is 2. The van der Waals surface area contributed by atoms with E-state index >= 15 is 0 Å². The Morgan fingerprint density at radius 3 is 2.19 bits per heavy atom. The number of amides is 2. The molecule has 6 heteroatoms. The second-order valence-corrected chi connectivity index (χ2v) is 8.90. The molecule has 166 valence electrons. The van der Waals surface area contributed by atoms with Crippen molar-refractivity contribution in [1.29, 1.82) is 0 Å². The van der Waals surface area contributed by atoms with Crippen molar-refractivity contribution in [3.8, 4) is 11.5 Å². The van der Waals surface area contributed by atoms with E-state index in [1.807, 2.05) is 41.3 Å². The van der Waals surface area contributed by atoms with E-state index in [-0.39, 0.29) is 29.9 Å². The van der Waals surface area contributed by atoms with Gasteiger partial charge in [0.15, 0.2) is 18.1 Å². The highest BCUT2D eigenvalue weighted by Gasteiger charge is 2.25. The summed E-state index contributed by atoms with van der Waals surface area (Å²) in [5, 5.41) is 3.01. The monoisotopic (exact) mass is 424 g/mol. The summed E-state index contributed by atoms with van der Waals surface area (Å²) in [5.74, 6) is 1.01. The number of carbonyl (C=O) groups is 2. The first-order chi connectivity index (χ1) is 14.8. The van der Waals surface area contributed by atoms with E-state index in [9.17, 15) is 9.59 Å². The highest BCUT2D eigenvalue weighted by atomic mass is 16.5. The Morgan fingerprint density at radius 1 is 1.00 bits per heavy atom. The normalized spacial score (nSPS) is 14.8. The zero-order chi connectivity index (χ0) is 22.4. The fraction of sp³-hybridized carbons (Fsp3) is 0.440. The lowest BCUT2D eigenvalue weighted by Crippen LogP contribution is -2.47. The number of hydrogen-bond donors (Lipinski definition) is 1. The molecular formula is C25H32N2O4. The van der Waals surface area contributed by atoms with Gasteiger partial charge < -0.3 is 19.7 Å². The minimum atomic E-state index is -0.173. The van der Waals surface area contributed by atoms with Crippen molar-refractivity contribution < 1.29 is 19.1 Å². The predicted molar refractivity (Wildman–Crippen MR) is 121 cm³/mol. The summed E-state index contributed by atoms with van der Waals surface area (Å²) in [7, 11) is 1.57. The van der Waals surface area contributed by atoms with Gasteiger partial charge in [0.05, 0.1) is 7.11 Å². The van der Waals surface area contributed by atoms with Gasteiger partial charge in [-0.25, -0.2) is 0 Å². The molecule has 1 saturated heterocycles. The van der Waals surface area contributed by atoms with Crippen LogP contribution in [0.5, 0.6) is 11.5 Å². The molecule has 1 heterocycles. The van der Waals surface area contributed by atoms with Gasteiger partial charge in [-0.05, 0) is 48.1 Å². The van der Waals surface area contributed by atoms with E-state index in [0.717, 1.165) is 12.8 Å². The summed E-state index contributed by atoms with van der Waals surface area (Å²) in [4.78, 5) is 27.0. The highest BCUT2D eigenvalue weighted by molar-refractivity contribution is 5.94. The Kier molecular flexibility index (Phi) is 7.21. The molecule has 0 bridgehead atoms. The van der Waals surface area contributed by atoms with Gasteiger partial charge in [0.25, 0.3) is 11.8 Å². The molecule has 6 nitrogen and oxygen atoms in total. The number of nitrogens with zero attached hydrogens (tertiary/aromatic N) is 1. The molecule has 1 aliphatic rings. The molecule has 31 heavy (non-hydrogen) atoms. The molecule has 1 fully saturated rings. The maximum atomic E-state index is 12.8. The van der Waals surface area contributed by atoms with Crippen molar-refractivity contribution in [3.63, 3.8) is 0 Å². The smallest absolute Gasteiger partial charge is 0.258 e. The van der Waals surface area contributed by atoms with Gasteiger partial charge >= 0.3 is 0 Å². The third-order valence-electron chi connectivity index (χ3n) is 5.57. The van der Waals surface area contributed by atoms with Crippen LogP contribution in [0.4, 0.5) is 0 Å². The zero-order valence-corrected chi connectivity index (χ0v) is 18.8. The molecule has 3 rings (SSSR count). The van der Waals surface area contributed by atoms with Gasteiger partial charge in [0, 0.05) is 24.7 Å². The molecule has 0 aliphatic carbocycles. The number of likely N-dealkylation sites (tertiary alicyclic amines) is 1. The van der Waals surface area contributed by atoms with Crippen molar-refractivity contribution in [2.24, 2.45) is 0 Å². The van der Waals surface area contributed by atoms with Gasteiger partial charge in [-0.3, -0.25) is 9.59 Å². The van der Waals surface area contributed by atoms with Crippen LogP contribution in [0, 0.1) is 0 Å². The third kappa shape index (κ3) is 6.00. The average molecular weight is 425 g/mol. The van der Waals surface area contributed by atoms with E-state index < -0.39 is 0 Å². The first-order valence-corrected chi connectivity index (χ1v) is 10.7. The van der Waals surface area contributed by atoms with Crippen molar-refractivity contribution in [1.82, 2.24) is 10.2 Å². The molecule has 1 N–H and O–H groups in total. The first kappa shape index (κ1) is 22.7. The number of hydrogen-bond acceptors (Lipinski definition) is 4. The molecular weight excluding hydrogens is 392 g/mol. The minimum absolute atomic E-state index is 0.0427. The topological polar surface area (TPSA) is 67.9 Å². The maximum Gasteiger partial charge on any atom is 0.258 e. The Morgan fingerprint density at radius 2 is 1.61 bits per heavy atom. The average Bonchev–Trinajstić information content (AvgIpc) is 2.77. The SMILES string of the molecule is COc1ccccc1OCC(=O)NC1CCN(C(=O)c2ccc(C(C)(C)C)cc2)CC1. The minimum Gasteiger partial charge on any atom is -0.493 e. The van der Waals surface area contributed by atoms with Crippen LogP contribution in [0.3, 0.4) is 0 Å². The highest BCUT2D eigenvalue weighted by Crippen LogP contribution is 2.26. The van der Waals surface area contributed by atoms with Crippen LogP contribution in [0.1, 0.15) is 49.5 Å². The van der Waals surface area contributed by atoms with Crippen LogP contribution in [0.2, 0.25) is 0 Å². The van der Waals surface area contributed by atoms with Gasteiger partial charge in [-0.15, -0.1) is 0 Å². The van der Waals surface area contributed by atoms with Crippen molar-refractivity contribution >= 4 is 11.8 Å². The largest absolute Gasteiger partial charge is 0.493 e. The molecule has 0 saturated carbocycles. The molecule has 0 radical (unpaired) electrons. The van der Waals surface area contributed by atoms with Crippen molar-refractivity contribution in [2.45, 2.75) is 45.1 Å². The van der Waals surface area contributed by atoms with Crippen LogP contribution in [0.25, 0.3) is 0 Å². The number of ether oxygens (including phenoxy) is 2. The van der Waals surface area contributed by atoms with Crippen LogP contribution >= 0.6 is 0 Å². The number of carbonyl (C=O) groups excluding carboxylic acids is 2. The summed E-state index contributed by atoms with van der Waals surface area (Å²) in [5.41, 5.74) is 1.98. The second kappa shape index (κ2) is 9.86. The third-order valence-corrected chi connectivity index (χ3v) is 5.57. The Hall–Kier alpha value is -3.02. The predicted octanol–water partition coefficient (Wildman–Crippen LogP) is 3.79. The maximum absolute atomic E-state index is 12.8. The summed E-state index contributed by atoms with van der Waals surface area (Å²) >= 11 is 0. The number of benzene rings is 2. The zero-order valence-electron chi connectivity index (χ0n) is 18.8. The Labute approximate surface area is 184 Å². The second-order valence-electron chi connectivity index (χ2n) is 8.90. The summed E-state index contributed by atoms with van der Waals surface area (Å²) in [6.45, 7) is 7.65. The van der Waals surface area contributed by atoms with E-state index in [2.05, 4.69) is 26.1 Å².